The number of ether oxygens (including phenoxy) is 1. The predicted molar refractivity (Wildman–Crippen MR) is 102 cm³/mol. The van der Waals surface area contributed by atoms with Crippen LogP contribution in [0.3, 0.4) is 0 Å². The van der Waals surface area contributed by atoms with Gasteiger partial charge in [-0.3, -0.25) is 14.2 Å². The summed E-state index contributed by atoms with van der Waals surface area (Å²) in [6.07, 6.45) is 1.78. The highest BCUT2D eigenvalue weighted by Crippen LogP contribution is 2.47. The van der Waals surface area contributed by atoms with E-state index in [1.54, 1.807) is 12.1 Å². The summed E-state index contributed by atoms with van der Waals surface area (Å²) in [5, 5.41) is 13.7. The fraction of sp³-hybridized carbons (Fsp3) is 0.550. The molecule has 1 aromatic heterocycles. The van der Waals surface area contributed by atoms with E-state index in [1.165, 1.54) is 10.9 Å². The molecule has 0 saturated carbocycles. The lowest BCUT2D eigenvalue weighted by Gasteiger charge is -2.33. The Labute approximate surface area is 162 Å². The van der Waals surface area contributed by atoms with Gasteiger partial charge in [0.05, 0.1) is 29.9 Å². The Hall–Kier alpha value is -2.29. The van der Waals surface area contributed by atoms with Gasteiger partial charge >= 0.3 is 0 Å². The Morgan fingerprint density at radius 2 is 2.25 bits per heavy atom. The second kappa shape index (κ2) is 6.65. The summed E-state index contributed by atoms with van der Waals surface area (Å²) in [6.45, 7) is 3.00. The normalized spacial score (nSPS) is 31.3. The van der Waals surface area contributed by atoms with Crippen LogP contribution in [0.4, 0.5) is 0 Å². The lowest BCUT2D eigenvalue weighted by molar-refractivity contribution is -0.133. The number of morpholine rings is 1. The molecule has 4 heterocycles. The van der Waals surface area contributed by atoms with Gasteiger partial charge in [0, 0.05) is 51.0 Å². The number of aliphatic hydroxyl groups is 1. The van der Waals surface area contributed by atoms with Crippen molar-refractivity contribution in [3.8, 4) is 0 Å². The van der Waals surface area contributed by atoms with E-state index in [9.17, 15) is 14.7 Å². The minimum Gasteiger partial charge on any atom is -0.396 e. The minimum absolute atomic E-state index is 0.00578. The van der Waals surface area contributed by atoms with E-state index >= 15 is 0 Å². The monoisotopic (exact) mass is 384 g/mol. The number of likely N-dealkylation sites (tertiary alicyclic amines) is 1. The van der Waals surface area contributed by atoms with Gasteiger partial charge in [-0.1, -0.05) is 12.1 Å². The third-order valence-corrected chi connectivity index (χ3v) is 6.56. The topological polar surface area (TPSA) is 96.7 Å². The smallest absolute Gasteiger partial charge is 0.261 e. The van der Waals surface area contributed by atoms with Crippen molar-refractivity contribution in [2.75, 3.05) is 32.8 Å². The van der Waals surface area contributed by atoms with E-state index in [1.807, 2.05) is 17.0 Å². The third-order valence-electron chi connectivity index (χ3n) is 6.56. The number of nitrogens with one attached hydrogen (secondary N) is 1. The Morgan fingerprint density at radius 1 is 1.39 bits per heavy atom. The first-order valence-electron chi connectivity index (χ1n) is 9.83. The SMILES string of the molecule is O=C(CCn1cnc2ccccc2c1=O)N1C[C@@H]2[C@H](CO)[C@H]3CNC[C@]2(C1)O3. The lowest BCUT2D eigenvalue weighted by Crippen LogP contribution is -2.52. The molecule has 8 heteroatoms. The molecule has 1 spiro atoms. The highest BCUT2D eigenvalue weighted by molar-refractivity contribution is 5.78. The Bertz CT molecular complexity index is 976. The lowest BCUT2D eigenvalue weighted by atomic mass is 9.83. The molecule has 4 atom stereocenters. The van der Waals surface area contributed by atoms with E-state index < -0.39 is 0 Å². The maximum Gasteiger partial charge on any atom is 0.261 e. The molecule has 1 aromatic carbocycles. The first-order chi connectivity index (χ1) is 13.6. The Morgan fingerprint density at radius 3 is 3.11 bits per heavy atom. The van der Waals surface area contributed by atoms with Crippen LogP contribution in [-0.2, 0) is 16.1 Å². The van der Waals surface area contributed by atoms with E-state index in [0.29, 0.717) is 37.1 Å². The van der Waals surface area contributed by atoms with Crippen molar-refractivity contribution < 1.29 is 14.6 Å². The van der Waals surface area contributed by atoms with Crippen LogP contribution in [0.1, 0.15) is 6.42 Å². The van der Waals surface area contributed by atoms with Crippen LogP contribution in [0.25, 0.3) is 10.9 Å². The number of fused-ring (bicyclic) bond motifs is 2. The van der Waals surface area contributed by atoms with Crippen LogP contribution >= 0.6 is 0 Å². The largest absolute Gasteiger partial charge is 0.396 e. The quantitative estimate of drug-likeness (QED) is 0.744. The number of nitrogens with zero attached hydrogens (tertiary/aromatic N) is 3. The molecule has 3 fully saturated rings. The number of aliphatic hydroxyl groups excluding tert-OH is 1. The molecule has 0 unspecified atom stereocenters. The molecule has 2 bridgehead atoms. The highest BCUT2D eigenvalue weighted by Gasteiger charge is 2.61. The maximum absolute atomic E-state index is 12.8. The van der Waals surface area contributed by atoms with Crippen molar-refractivity contribution in [2.24, 2.45) is 11.8 Å². The molecule has 28 heavy (non-hydrogen) atoms. The number of hydrogen-bond donors (Lipinski definition) is 2. The zero-order valence-electron chi connectivity index (χ0n) is 15.6. The average molecular weight is 384 g/mol. The van der Waals surface area contributed by atoms with Gasteiger partial charge in [-0.15, -0.1) is 0 Å². The number of aryl methyl sites for hydroxylation is 1. The molecule has 148 valence electrons. The number of amides is 1. The van der Waals surface area contributed by atoms with Crippen LogP contribution in [-0.4, -0.2) is 70.0 Å². The summed E-state index contributed by atoms with van der Waals surface area (Å²) in [7, 11) is 0. The average Bonchev–Trinajstić information content (AvgIpc) is 3.15. The van der Waals surface area contributed by atoms with Gasteiger partial charge in [-0.05, 0) is 12.1 Å². The van der Waals surface area contributed by atoms with Gasteiger partial charge in [-0.2, -0.15) is 0 Å². The summed E-state index contributed by atoms with van der Waals surface area (Å²) < 4.78 is 7.74. The molecule has 8 nitrogen and oxygen atoms in total. The number of carbonyl (C=O) groups excluding carboxylic acids is 1. The molecule has 0 aliphatic carbocycles. The zero-order chi connectivity index (χ0) is 19.3. The maximum atomic E-state index is 12.8. The summed E-state index contributed by atoms with van der Waals surface area (Å²) in [4.78, 5) is 31.6. The molecule has 2 aromatic rings. The molecule has 3 aliphatic rings. The first kappa shape index (κ1) is 17.8. The Balaban J connectivity index is 1.29. The second-order valence-electron chi connectivity index (χ2n) is 8.09. The van der Waals surface area contributed by atoms with Crippen molar-refractivity contribution in [2.45, 2.75) is 24.7 Å². The van der Waals surface area contributed by atoms with Gasteiger partial charge in [0.2, 0.25) is 5.91 Å². The number of aromatic nitrogens is 2. The third kappa shape index (κ3) is 2.67. The van der Waals surface area contributed by atoms with Crippen LogP contribution in [0.5, 0.6) is 0 Å². The molecule has 3 aliphatic heterocycles. The Kier molecular flexibility index (Phi) is 4.22. The number of para-hydroxylation sites is 1. The number of rotatable bonds is 4. The molecular formula is C20H24N4O4. The van der Waals surface area contributed by atoms with E-state index in [-0.39, 0.29) is 48.0 Å². The molecular weight excluding hydrogens is 360 g/mol. The van der Waals surface area contributed by atoms with E-state index in [2.05, 4.69) is 10.3 Å². The summed E-state index contributed by atoms with van der Waals surface area (Å²) in [6, 6.07) is 7.21. The fourth-order valence-electron chi connectivity index (χ4n) is 5.13. The molecule has 3 saturated heterocycles. The fourth-order valence-corrected chi connectivity index (χ4v) is 5.13. The van der Waals surface area contributed by atoms with Crippen molar-refractivity contribution in [1.29, 1.82) is 0 Å². The van der Waals surface area contributed by atoms with Crippen molar-refractivity contribution in [3.05, 3.63) is 40.9 Å². The number of benzene rings is 1. The number of carbonyl (C=O) groups is 1. The van der Waals surface area contributed by atoms with E-state index in [4.69, 9.17) is 4.74 Å². The van der Waals surface area contributed by atoms with E-state index in [0.717, 1.165) is 6.54 Å². The van der Waals surface area contributed by atoms with Gasteiger partial charge in [-0.25, -0.2) is 4.98 Å². The van der Waals surface area contributed by atoms with Gasteiger partial charge < -0.3 is 20.1 Å². The molecule has 2 N–H and O–H groups in total. The summed E-state index contributed by atoms with van der Waals surface area (Å²) in [5.74, 6) is 0.234. The standard InChI is InChI=1S/C20H24N4O4/c25-9-14-15-8-24(11-20(15)10-21-7-17(14)28-20)18(26)5-6-23-12-22-16-4-2-1-3-13(16)19(23)27/h1-4,12,14-15,17,21,25H,5-11H2/t14-,15+,17+,20+/m0/s1. The summed E-state index contributed by atoms with van der Waals surface area (Å²) in [5.41, 5.74) is 0.152. The first-order valence-corrected chi connectivity index (χ1v) is 9.83. The minimum atomic E-state index is -0.382. The number of hydrogen-bond acceptors (Lipinski definition) is 6. The van der Waals surface area contributed by atoms with Crippen LogP contribution < -0.4 is 10.9 Å². The summed E-state index contributed by atoms with van der Waals surface area (Å²) >= 11 is 0. The van der Waals surface area contributed by atoms with Crippen molar-refractivity contribution in [3.63, 3.8) is 0 Å². The van der Waals surface area contributed by atoms with Crippen molar-refractivity contribution >= 4 is 16.8 Å². The second-order valence-corrected chi connectivity index (χ2v) is 8.09. The van der Waals surface area contributed by atoms with Gasteiger partial charge in [0.25, 0.3) is 5.56 Å². The van der Waals surface area contributed by atoms with Crippen LogP contribution in [0, 0.1) is 11.8 Å². The van der Waals surface area contributed by atoms with Crippen molar-refractivity contribution in [1.82, 2.24) is 19.8 Å². The zero-order valence-corrected chi connectivity index (χ0v) is 15.6. The van der Waals surface area contributed by atoms with Gasteiger partial charge in [0.1, 0.15) is 5.60 Å². The molecule has 0 radical (unpaired) electrons. The highest BCUT2D eigenvalue weighted by atomic mass is 16.5. The van der Waals surface area contributed by atoms with Crippen LogP contribution in [0.15, 0.2) is 35.4 Å². The van der Waals surface area contributed by atoms with Crippen LogP contribution in [0.2, 0.25) is 0 Å². The molecule has 1 amide bonds. The van der Waals surface area contributed by atoms with Gasteiger partial charge in [0.15, 0.2) is 0 Å². The predicted octanol–water partition coefficient (Wildman–Crippen LogP) is -0.406. The molecule has 5 rings (SSSR count).